The van der Waals surface area contributed by atoms with Gasteiger partial charge in [-0.2, -0.15) is 0 Å². The van der Waals surface area contributed by atoms with Gasteiger partial charge in [0.05, 0.1) is 6.04 Å². The molecular formula is C29H37NO3. The fourth-order valence-corrected chi connectivity index (χ4v) is 8.95. The molecule has 7 atom stereocenters. The molecule has 0 spiro atoms. The van der Waals surface area contributed by atoms with Gasteiger partial charge in [-0.05, 0) is 90.8 Å². The lowest BCUT2D eigenvalue weighted by Gasteiger charge is -2.69. The molecule has 4 nitrogen and oxygen atoms in total. The molecule has 5 aliphatic rings. The molecule has 0 aliphatic heterocycles. The van der Waals surface area contributed by atoms with Crippen LogP contribution in [0.2, 0.25) is 0 Å². The van der Waals surface area contributed by atoms with Crippen molar-refractivity contribution in [3.8, 4) is 0 Å². The van der Waals surface area contributed by atoms with Crippen LogP contribution in [0.25, 0.3) is 0 Å². The van der Waals surface area contributed by atoms with Gasteiger partial charge >= 0.3 is 0 Å². The molecule has 33 heavy (non-hydrogen) atoms. The van der Waals surface area contributed by atoms with Gasteiger partial charge in [-0.15, -0.1) is 0 Å². The summed E-state index contributed by atoms with van der Waals surface area (Å²) in [5.74, 6) is 0.511. The Hall–Kier alpha value is -2.19. The van der Waals surface area contributed by atoms with Crippen molar-refractivity contribution in [2.75, 3.05) is 0 Å². The first kappa shape index (κ1) is 22.6. The van der Waals surface area contributed by atoms with Crippen molar-refractivity contribution in [2.45, 2.75) is 86.1 Å². The van der Waals surface area contributed by atoms with Crippen molar-refractivity contribution in [1.29, 1.82) is 0 Å². The lowest BCUT2D eigenvalue weighted by atomic mass is 9.35. The quantitative estimate of drug-likeness (QED) is 0.366. The lowest BCUT2D eigenvalue weighted by Crippen LogP contribution is -2.62. The van der Waals surface area contributed by atoms with E-state index in [1.165, 1.54) is 12.0 Å². The molecule has 0 amide bonds. The molecule has 2 unspecified atom stereocenters. The van der Waals surface area contributed by atoms with E-state index in [1.54, 1.807) is 6.08 Å². The van der Waals surface area contributed by atoms with Gasteiger partial charge in [-0.3, -0.25) is 4.79 Å². The normalized spacial score (nSPS) is 46.5. The number of carbonyl (C=O) groups excluding carboxylic acids is 2. The highest BCUT2D eigenvalue weighted by Gasteiger charge is 2.66. The zero-order valence-electron chi connectivity index (χ0n) is 20.9. The third kappa shape index (κ3) is 2.74. The Morgan fingerprint density at radius 2 is 1.82 bits per heavy atom. The first-order valence-corrected chi connectivity index (χ1v) is 12.6. The third-order valence-electron chi connectivity index (χ3n) is 11.1. The number of hydrogen-bond acceptors (Lipinski definition) is 4. The Morgan fingerprint density at radius 1 is 1.09 bits per heavy atom. The summed E-state index contributed by atoms with van der Waals surface area (Å²) in [5.41, 5.74) is 4.39. The predicted octanol–water partition coefficient (Wildman–Crippen LogP) is 6.56. The number of aliphatic hydroxyl groups excluding tert-OH is 1. The van der Waals surface area contributed by atoms with Gasteiger partial charge < -0.3 is 5.11 Å². The highest BCUT2D eigenvalue weighted by atomic mass is 16.3. The molecule has 0 bridgehead atoms. The first-order valence-electron chi connectivity index (χ1n) is 12.6. The molecule has 5 rings (SSSR count). The minimum absolute atomic E-state index is 0.00320. The van der Waals surface area contributed by atoms with E-state index in [-0.39, 0.29) is 39.2 Å². The summed E-state index contributed by atoms with van der Waals surface area (Å²) in [6.45, 7) is 13.8. The van der Waals surface area contributed by atoms with Crippen LogP contribution in [0.3, 0.4) is 0 Å². The van der Waals surface area contributed by atoms with Crippen molar-refractivity contribution in [3.63, 3.8) is 0 Å². The van der Waals surface area contributed by atoms with Crippen LogP contribution in [0.15, 0.2) is 51.3 Å². The van der Waals surface area contributed by atoms with Crippen molar-refractivity contribution >= 4 is 11.9 Å². The summed E-state index contributed by atoms with van der Waals surface area (Å²) in [6.07, 6.45) is 14.4. The molecule has 0 aromatic heterocycles. The number of ketones is 1. The molecule has 176 valence electrons. The smallest absolute Gasteiger partial charge is 0.235 e. The topological polar surface area (TPSA) is 66.7 Å². The Bertz CT molecular complexity index is 1120. The minimum Gasteiger partial charge on any atom is -0.504 e. The van der Waals surface area contributed by atoms with Gasteiger partial charge in [0, 0.05) is 11.0 Å². The van der Waals surface area contributed by atoms with Crippen molar-refractivity contribution in [1.82, 2.24) is 0 Å². The number of carbonyl (C=O) groups is 1. The van der Waals surface area contributed by atoms with Crippen LogP contribution >= 0.6 is 0 Å². The summed E-state index contributed by atoms with van der Waals surface area (Å²) in [7, 11) is 0. The number of isocyanates is 1. The number of allylic oxidation sites excluding steroid dienone is 7. The Morgan fingerprint density at radius 3 is 2.52 bits per heavy atom. The maximum atomic E-state index is 12.6. The maximum Gasteiger partial charge on any atom is 0.235 e. The second-order valence-corrected chi connectivity index (χ2v) is 12.5. The minimum atomic E-state index is -0.271. The molecule has 0 radical (unpaired) electrons. The molecule has 0 saturated heterocycles. The van der Waals surface area contributed by atoms with E-state index in [4.69, 9.17) is 0 Å². The molecular weight excluding hydrogens is 410 g/mol. The highest BCUT2D eigenvalue weighted by molar-refractivity contribution is 6.06. The van der Waals surface area contributed by atoms with E-state index < -0.39 is 0 Å². The predicted molar refractivity (Wildman–Crippen MR) is 129 cm³/mol. The van der Waals surface area contributed by atoms with Crippen molar-refractivity contribution < 1.29 is 14.7 Å². The van der Waals surface area contributed by atoms with Crippen LogP contribution in [0.1, 0.15) is 80.1 Å². The van der Waals surface area contributed by atoms with Crippen LogP contribution in [-0.2, 0) is 9.59 Å². The molecule has 1 N–H and O–H groups in total. The zero-order valence-corrected chi connectivity index (χ0v) is 20.9. The van der Waals surface area contributed by atoms with E-state index in [2.05, 4.69) is 51.8 Å². The molecule has 0 aromatic carbocycles. The monoisotopic (exact) mass is 447 g/mol. The van der Waals surface area contributed by atoms with Crippen LogP contribution in [0.4, 0.5) is 0 Å². The van der Waals surface area contributed by atoms with E-state index in [1.807, 2.05) is 13.0 Å². The van der Waals surface area contributed by atoms with Crippen LogP contribution in [0, 0.1) is 33.5 Å². The number of nitrogens with zero attached hydrogens (tertiary/aromatic N) is 1. The van der Waals surface area contributed by atoms with Crippen LogP contribution in [-0.4, -0.2) is 23.0 Å². The first-order chi connectivity index (χ1) is 15.4. The summed E-state index contributed by atoms with van der Waals surface area (Å²) < 4.78 is 0. The third-order valence-corrected chi connectivity index (χ3v) is 11.1. The van der Waals surface area contributed by atoms with Gasteiger partial charge in [-0.1, -0.05) is 52.3 Å². The van der Waals surface area contributed by atoms with Gasteiger partial charge in [0.15, 0.2) is 5.76 Å². The maximum absolute atomic E-state index is 12.6. The van der Waals surface area contributed by atoms with E-state index >= 15 is 0 Å². The van der Waals surface area contributed by atoms with E-state index in [0.29, 0.717) is 17.4 Å². The van der Waals surface area contributed by atoms with E-state index in [9.17, 15) is 14.7 Å². The average Bonchev–Trinajstić information content (AvgIpc) is 2.76. The molecule has 4 heteroatoms. The second kappa shape index (κ2) is 6.92. The number of fused-ring (bicyclic) bond motifs is 7. The molecule has 3 saturated carbocycles. The van der Waals surface area contributed by atoms with Crippen LogP contribution < -0.4 is 0 Å². The summed E-state index contributed by atoms with van der Waals surface area (Å²) in [4.78, 5) is 28.0. The standard InChI is InChI=1S/C29H37NO3/c1-17-15-26(3)9-11-28(5)23-8-7-19-18(2)25(33)22(32)13-20(19)27(23,4)10-12-29(28,6)24(26)14-21(17)30-16-31/h7-8,13,17,21,24,33H,9-12,14-15H2,1-6H3/t17?,21?,24-,26+,27+,28-,29+/m1/s1. The van der Waals surface area contributed by atoms with Gasteiger partial charge in [0.1, 0.15) is 0 Å². The van der Waals surface area contributed by atoms with E-state index in [0.717, 1.165) is 43.3 Å². The molecule has 5 aliphatic carbocycles. The fraction of sp³-hybridized carbons (Fsp3) is 0.655. The number of hydrogen-bond donors (Lipinski definition) is 1. The molecule has 0 aromatic rings. The Kier molecular flexibility index (Phi) is 4.74. The number of aliphatic hydroxyl groups is 1. The average molecular weight is 448 g/mol. The highest BCUT2D eigenvalue weighted by Crippen LogP contribution is 2.74. The Labute approximate surface area is 197 Å². The van der Waals surface area contributed by atoms with Crippen molar-refractivity contribution in [2.24, 2.45) is 38.5 Å². The lowest BCUT2D eigenvalue weighted by molar-refractivity contribution is -0.150. The number of aliphatic imine (C=N–C) groups is 1. The summed E-state index contributed by atoms with van der Waals surface area (Å²) >= 11 is 0. The SMILES string of the molecule is CC1=C(O)C(=O)C=C2C1=CC=C1[C@@]2(C)CC[C@@]2(C)[C@@H]3CC(N=C=O)C(C)C[C@]3(C)CC[C@]12C. The molecule has 3 fully saturated rings. The fourth-order valence-electron chi connectivity index (χ4n) is 8.95. The molecule has 0 heterocycles. The van der Waals surface area contributed by atoms with Crippen LogP contribution in [0.5, 0.6) is 0 Å². The number of rotatable bonds is 1. The second-order valence-electron chi connectivity index (χ2n) is 12.5. The van der Waals surface area contributed by atoms with Gasteiger partial charge in [-0.25, -0.2) is 9.79 Å². The largest absolute Gasteiger partial charge is 0.504 e. The zero-order chi connectivity index (χ0) is 24.0. The van der Waals surface area contributed by atoms with Gasteiger partial charge in [0.2, 0.25) is 11.9 Å². The Balaban J connectivity index is 1.63. The summed E-state index contributed by atoms with van der Waals surface area (Å²) in [6, 6.07) is 0.0642. The van der Waals surface area contributed by atoms with Gasteiger partial charge in [0.25, 0.3) is 0 Å². The van der Waals surface area contributed by atoms with Crippen molar-refractivity contribution in [3.05, 3.63) is 46.3 Å². The summed E-state index contributed by atoms with van der Waals surface area (Å²) in [5, 5.41) is 10.3.